The van der Waals surface area contributed by atoms with Crippen molar-refractivity contribution in [2.45, 2.75) is 31.8 Å². The highest BCUT2D eigenvalue weighted by molar-refractivity contribution is 7.89. The van der Waals surface area contributed by atoms with Gasteiger partial charge in [0, 0.05) is 30.5 Å². The molecule has 0 saturated carbocycles. The highest BCUT2D eigenvalue weighted by Gasteiger charge is 2.25. The van der Waals surface area contributed by atoms with Gasteiger partial charge in [-0.3, -0.25) is 4.68 Å². The molecule has 0 unspecified atom stereocenters. The Balaban J connectivity index is 2.18. The van der Waals surface area contributed by atoms with E-state index < -0.39 is 10.0 Å². The molecule has 0 aliphatic carbocycles. The predicted octanol–water partition coefficient (Wildman–Crippen LogP) is 2.07. The summed E-state index contributed by atoms with van der Waals surface area (Å²) in [6, 6.07) is 3.96. The van der Waals surface area contributed by atoms with Crippen molar-refractivity contribution in [3.63, 3.8) is 0 Å². The van der Waals surface area contributed by atoms with Crippen LogP contribution in [-0.2, 0) is 21.8 Å². The lowest BCUT2D eigenvalue weighted by atomic mass is 10.3. The number of thiophene rings is 1. The van der Waals surface area contributed by atoms with E-state index in [0.717, 1.165) is 4.88 Å². The molecule has 0 aromatic carbocycles. The summed E-state index contributed by atoms with van der Waals surface area (Å²) in [5.74, 6) is 0. The molecule has 1 N–H and O–H groups in total. The third kappa shape index (κ3) is 3.40. The van der Waals surface area contributed by atoms with Crippen LogP contribution in [0.1, 0.15) is 27.2 Å². The van der Waals surface area contributed by atoms with Gasteiger partial charge in [0.05, 0.1) is 11.4 Å². The molecular weight excluding hydrogens is 322 g/mol. The van der Waals surface area contributed by atoms with Crippen molar-refractivity contribution in [1.82, 2.24) is 14.5 Å². The number of nitrogens with one attached hydrogen (secondary N) is 1. The quantitative estimate of drug-likeness (QED) is 0.871. The van der Waals surface area contributed by atoms with Crippen LogP contribution in [0.3, 0.4) is 0 Å². The Hall–Kier alpha value is -1.22. The van der Waals surface area contributed by atoms with Crippen LogP contribution in [0.25, 0.3) is 0 Å². The average Bonchev–Trinajstić information content (AvgIpc) is 2.95. The molecule has 122 valence electrons. The lowest BCUT2D eigenvalue weighted by Gasteiger charge is -2.15. The first-order valence-electron chi connectivity index (χ1n) is 6.85. The van der Waals surface area contributed by atoms with E-state index in [4.69, 9.17) is 4.74 Å². The number of rotatable bonds is 6. The molecule has 0 bridgehead atoms. The number of aryl methyl sites for hydroxylation is 3. The minimum atomic E-state index is -3.62. The van der Waals surface area contributed by atoms with Gasteiger partial charge in [-0.15, -0.1) is 11.3 Å². The predicted molar refractivity (Wildman–Crippen MR) is 86.7 cm³/mol. The molecule has 0 aliphatic heterocycles. The minimum Gasteiger partial charge on any atom is -0.375 e. The van der Waals surface area contributed by atoms with Crippen molar-refractivity contribution in [2.24, 2.45) is 7.05 Å². The smallest absolute Gasteiger partial charge is 0.244 e. The van der Waals surface area contributed by atoms with Crippen LogP contribution < -0.4 is 4.72 Å². The van der Waals surface area contributed by atoms with Gasteiger partial charge in [0.1, 0.15) is 11.0 Å². The zero-order valence-corrected chi connectivity index (χ0v) is 15.0. The number of nitrogens with zero attached hydrogens (tertiary/aromatic N) is 2. The normalized spacial score (nSPS) is 13.5. The van der Waals surface area contributed by atoms with Crippen molar-refractivity contribution in [1.29, 1.82) is 0 Å². The summed E-state index contributed by atoms with van der Waals surface area (Å²) in [5.41, 5.74) is 1.11. The van der Waals surface area contributed by atoms with Crippen molar-refractivity contribution in [3.05, 3.63) is 33.3 Å². The van der Waals surface area contributed by atoms with Crippen molar-refractivity contribution < 1.29 is 13.2 Å². The summed E-state index contributed by atoms with van der Waals surface area (Å²) in [4.78, 5) is 2.41. The van der Waals surface area contributed by atoms with E-state index in [1.165, 1.54) is 4.88 Å². The maximum absolute atomic E-state index is 12.5. The van der Waals surface area contributed by atoms with E-state index in [1.807, 2.05) is 19.1 Å². The second-order valence-corrected chi connectivity index (χ2v) is 8.17. The third-order valence-corrected chi connectivity index (χ3v) is 6.30. The van der Waals surface area contributed by atoms with Gasteiger partial charge in [-0.1, -0.05) is 0 Å². The van der Waals surface area contributed by atoms with Crippen LogP contribution in [0.4, 0.5) is 0 Å². The fourth-order valence-corrected chi connectivity index (χ4v) is 4.75. The third-order valence-electron chi connectivity index (χ3n) is 3.53. The Morgan fingerprint density at radius 3 is 2.50 bits per heavy atom. The number of hydrogen-bond donors (Lipinski definition) is 1. The number of methoxy groups -OCH3 is 1. The molecule has 2 aromatic heterocycles. The monoisotopic (exact) mass is 343 g/mol. The highest BCUT2D eigenvalue weighted by Crippen LogP contribution is 2.25. The Morgan fingerprint density at radius 1 is 1.36 bits per heavy atom. The summed E-state index contributed by atoms with van der Waals surface area (Å²) in [6.45, 7) is 5.63. The first-order valence-corrected chi connectivity index (χ1v) is 9.15. The average molecular weight is 343 g/mol. The van der Waals surface area contributed by atoms with Gasteiger partial charge in [0.2, 0.25) is 10.0 Å². The molecule has 0 radical (unpaired) electrons. The molecule has 0 spiro atoms. The molecule has 22 heavy (non-hydrogen) atoms. The topological polar surface area (TPSA) is 73.2 Å². The molecule has 2 heterocycles. The van der Waals surface area contributed by atoms with E-state index in [-0.39, 0.29) is 17.5 Å². The molecule has 0 fully saturated rings. The zero-order valence-electron chi connectivity index (χ0n) is 13.4. The Bertz CT molecular complexity index is 762. The second kappa shape index (κ2) is 6.49. The maximum Gasteiger partial charge on any atom is 0.244 e. The Labute approximate surface area is 135 Å². The lowest BCUT2D eigenvalue weighted by molar-refractivity contribution is 0.110. The van der Waals surface area contributed by atoms with Crippen LogP contribution in [0, 0.1) is 20.8 Å². The molecular formula is C14H21N3O3S2. The molecule has 0 amide bonds. The second-order valence-electron chi connectivity index (χ2n) is 5.15. The van der Waals surface area contributed by atoms with Gasteiger partial charge in [-0.25, -0.2) is 13.1 Å². The van der Waals surface area contributed by atoms with Crippen LogP contribution in [0.2, 0.25) is 0 Å². The standard InChI is InChI=1S/C14H21N3O3S2/c1-9-6-7-13(21-9)12(20-5)8-15-22(18,19)14-10(2)16-17(4)11(14)3/h6-7,12,15H,8H2,1-5H3/t12-/m0/s1. The number of ether oxygens (including phenoxy) is 1. The molecule has 2 rings (SSSR count). The van der Waals surface area contributed by atoms with Gasteiger partial charge >= 0.3 is 0 Å². The fourth-order valence-electron chi connectivity index (χ4n) is 2.33. The zero-order chi connectivity index (χ0) is 16.5. The fraction of sp³-hybridized carbons (Fsp3) is 0.500. The molecule has 2 aromatic rings. The summed E-state index contributed by atoms with van der Waals surface area (Å²) >= 11 is 1.60. The van der Waals surface area contributed by atoms with Gasteiger partial charge < -0.3 is 4.74 Å². The van der Waals surface area contributed by atoms with Crippen molar-refractivity contribution in [3.8, 4) is 0 Å². The molecule has 1 atom stereocenters. The summed E-state index contributed by atoms with van der Waals surface area (Å²) in [5, 5.41) is 4.15. The molecule has 0 saturated heterocycles. The van der Waals surface area contributed by atoms with Gasteiger partial charge in [0.15, 0.2) is 0 Å². The highest BCUT2D eigenvalue weighted by atomic mass is 32.2. The summed E-state index contributed by atoms with van der Waals surface area (Å²) in [7, 11) is -0.308. The SMILES string of the molecule is CO[C@@H](CNS(=O)(=O)c1c(C)nn(C)c1C)c1ccc(C)s1. The minimum absolute atomic E-state index is 0.187. The molecule has 6 nitrogen and oxygen atoms in total. The first kappa shape index (κ1) is 17.1. The van der Waals surface area contributed by atoms with E-state index in [0.29, 0.717) is 11.4 Å². The van der Waals surface area contributed by atoms with Gasteiger partial charge in [-0.05, 0) is 32.9 Å². The number of aromatic nitrogens is 2. The van der Waals surface area contributed by atoms with Gasteiger partial charge in [0.25, 0.3) is 0 Å². The summed E-state index contributed by atoms with van der Waals surface area (Å²) in [6.07, 6.45) is -0.300. The maximum atomic E-state index is 12.5. The Morgan fingerprint density at radius 2 is 2.05 bits per heavy atom. The van der Waals surface area contributed by atoms with Crippen molar-refractivity contribution >= 4 is 21.4 Å². The van der Waals surface area contributed by atoms with Crippen molar-refractivity contribution in [2.75, 3.05) is 13.7 Å². The van der Waals surface area contributed by atoms with E-state index in [9.17, 15) is 8.42 Å². The van der Waals surface area contributed by atoms with Gasteiger partial charge in [-0.2, -0.15) is 5.10 Å². The number of sulfonamides is 1. The Kier molecular flexibility index (Phi) is 5.06. The summed E-state index contributed by atoms with van der Waals surface area (Å²) < 4.78 is 34.7. The van der Waals surface area contributed by atoms with E-state index >= 15 is 0 Å². The molecule has 0 aliphatic rings. The largest absolute Gasteiger partial charge is 0.375 e. The van der Waals surface area contributed by atoms with E-state index in [1.54, 1.807) is 44.0 Å². The van der Waals surface area contributed by atoms with Crippen LogP contribution in [-0.4, -0.2) is 31.9 Å². The van der Waals surface area contributed by atoms with Crippen LogP contribution >= 0.6 is 11.3 Å². The lowest BCUT2D eigenvalue weighted by Crippen LogP contribution is -2.29. The van der Waals surface area contributed by atoms with Crippen LogP contribution in [0.5, 0.6) is 0 Å². The van der Waals surface area contributed by atoms with E-state index in [2.05, 4.69) is 9.82 Å². The van der Waals surface area contributed by atoms with Crippen LogP contribution in [0.15, 0.2) is 17.0 Å². The molecule has 8 heteroatoms. The first-order chi connectivity index (χ1) is 10.3. The number of hydrogen-bond acceptors (Lipinski definition) is 5.